The van der Waals surface area contributed by atoms with Crippen molar-refractivity contribution in [1.29, 1.82) is 0 Å². The lowest BCUT2D eigenvalue weighted by Crippen LogP contribution is -2.15. The standard InChI is InChI=1S/C7H11OS/c1-4-5-7(2,3)6(8)9/h4-5H,1-3H3/b5-4+. The molecule has 0 fully saturated rings. The number of allylic oxidation sites excluding steroid dienone is 2. The Morgan fingerprint density at radius 2 is 2.00 bits per heavy atom. The first kappa shape index (κ1) is 8.63. The largest absolute Gasteiger partial charge is 0.281 e. The Morgan fingerprint density at radius 3 is 2.11 bits per heavy atom. The smallest absolute Gasteiger partial charge is 0.228 e. The molecule has 0 rings (SSSR count). The summed E-state index contributed by atoms with van der Waals surface area (Å²) in [5.74, 6) is 0. The van der Waals surface area contributed by atoms with Gasteiger partial charge in [0.25, 0.3) is 0 Å². The highest BCUT2D eigenvalue weighted by atomic mass is 32.1. The van der Waals surface area contributed by atoms with Crippen molar-refractivity contribution < 1.29 is 4.79 Å². The average Bonchev–Trinajstić information content (AvgIpc) is 1.65. The van der Waals surface area contributed by atoms with Crippen molar-refractivity contribution in [2.45, 2.75) is 20.8 Å². The van der Waals surface area contributed by atoms with Crippen molar-refractivity contribution in [3.05, 3.63) is 12.2 Å². The quantitative estimate of drug-likeness (QED) is 0.542. The molecule has 0 aliphatic heterocycles. The average molecular weight is 143 g/mol. The van der Waals surface area contributed by atoms with Crippen LogP contribution < -0.4 is 0 Å². The molecule has 0 N–H and O–H groups in total. The van der Waals surface area contributed by atoms with Crippen LogP contribution in [0.2, 0.25) is 0 Å². The van der Waals surface area contributed by atoms with Gasteiger partial charge in [-0.3, -0.25) is 4.79 Å². The fraction of sp³-hybridized carbons (Fsp3) is 0.571. The highest BCUT2D eigenvalue weighted by molar-refractivity contribution is 7.96. The van der Waals surface area contributed by atoms with Crippen molar-refractivity contribution in [2.75, 3.05) is 0 Å². The first-order chi connectivity index (χ1) is 4.00. The van der Waals surface area contributed by atoms with Crippen LogP contribution in [0.25, 0.3) is 0 Å². The van der Waals surface area contributed by atoms with E-state index in [1.807, 2.05) is 32.9 Å². The molecule has 0 aromatic carbocycles. The van der Waals surface area contributed by atoms with Crippen LogP contribution in [0, 0.1) is 5.41 Å². The molecule has 0 amide bonds. The third-order valence-corrected chi connectivity index (χ3v) is 1.64. The van der Waals surface area contributed by atoms with E-state index in [2.05, 4.69) is 12.6 Å². The Balaban J connectivity index is 4.19. The second-order valence-corrected chi connectivity index (χ2v) is 2.88. The minimum Gasteiger partial charge on any atom is -0.281 e. The van der Waals surface area contributed by atoms with Gasteiger partial charge < -0.3 is 0 Å². The lowest BCUT2D eigenvalue weighted by Gasteiger charge is -2.12. The molecule has 0 saturated heterocycles. The Morgan fingerprint density at radius 1 is 1.56 bits per heavy atom. The Kier molecular flexibility index (Phi) is 2.85. The summed E-state index contributed by atoms with van der Waals surface area (Å²) in [7, 11) is 0. The van der Waals surface area contributed by atoms with Crippen LogP contribution >= 0.6 is 12.6 Å². The molecule has 1 radical (unpaired) electrons. The van der Waals surface area contributed by atoms with Gasteiger partial charge in [0.15, 0.2) is 0 Å². The van der Waals surface area contributed by atoms with E-state index < -0.39 is 5.41 Å². The van der Waals surface area contributed by atoms with Crippen LogP contribution in [0.4, 0.5) is 0 Å². The third-order valence-electron chi connectivity index (χ3n) is 1.11. The minimum absolute atomic E-state index is 0.208. The summed E-state index contributed by atoms with van der Waals surface area (Å²) in [6.07, 6.45) is 3.65. The molecule has 0 atom stereocenters. The Labute approximate surface area is 61.6 Å². The molecule has 51 valence electrons. The van der Waals surface area contributed by atoms with Gasteiger partial charge in [-0.25, -0.2) is 0 Å². The zero-order valence-corrected chi connectivity index (χ0v) is 6.79. The molecule has 0 aromatic heterocycles. The van der Waals surface area contributed by atoms with E-state index in [4.69, 9.17) is 0 Å². The van der Waals surface area contributed by atoms with Gasteiger partial charge in [-0.2, -0.15) is 0 Å². The Bertz CT molecular complexity index is 136. The van der Waals surface area contributed by atoms with Gasteiger partial charge in [0.05, 0.1) is 5.41 Å². The predicted molar refractivity (Wildman–Crippen MR) is 41.2 cm³/mol. The highest BCUT2D eigenvalue weighted by Gasteiger charge is 2.20. The number of carbonyl (C=O) groups excluding carboxylic acids is 1. The summed E-state index contributed by atoms with van der Waals surface area (Å²) < 4.78 is 0. The number of hydrogen-bond donors (Lipinski definition) is 0. The van der Waals surface area contributed by atoms with E-state index in [9.17, 15) is 4.79 Å². The van der Waals surface area contributed by atoms with Gasteiger partial charge in [0.2, 0.25) is 5.12 Å². The maximum Gasteiger partial charge on any atom is 0.228 e. The van der Waals surface area contributed by atoms with Gasteiger partial charge >= 0.3 is 0 Å². The van der Waals surface area contributed by atoms with E-state index >= 15 is 0 Å². The van der Waals surface area contributed by atoms with E-state index in [1.165, 1.54) is 0 Å². The molecule has 2 heteroatoms. The van der Waals surface area contributed by atoms with Crippen molar-refractivity contribution in [3.63, 3.8) is 0 Å². The Hall–Kier alpha value is -0.370. The maximum absolute atomic E-state index is 10.6. The maximum atomic E-state index is 10.6. The van der Waals surface area contributed by atoms with Crippen LogP contribution in [0.3, 0.4) is 0 Å². The van der Waals surface area contributed by atoms with Crippen LogP contribution in [0.5, 0.6) is 0 Å². The minimum atomic E-state index is -0.454. The van der Waals surface area contributed by atoms with Gasteiger partial charge in [0.1, 0.15) is 0 Å². The fourth-order valence-corrected chi connectivity index (χ4v) is 0.553. The molecule has 0 bridgehead atoms. The third kappa shape index (κ3) is 2.61. The lowest BCUT2D eigenvalue weighted by molar-refractivity contribution is -0.116. The molecule has 0 aliphatic rings. The van der Waals surface area contributed by atoms with Gasteiger partial charge in [-0.05, 0) is 33.4 Å². The number of carbonyl (C=O) groups is 1. The van der Waals surface area contributed by atoms with Gasteiger partial charge in [-0.15, -0.1) is 0 Å². The van der Waals surface area contributed by atoms with Gasteiger partial charge in [0, 0.05) is 0 Å². The predicted octanol–water partition coefficient (Wildman–Crippen LogP) is 2.31. The highest BCUT2D eigenvalue weighted by Crippen LogP contribution is 2.19. The molecule has 0 aliphatic carbocycles. The summed E-state index contributed by atoms with van der Waals surface area (Å²) in [5.41, 5.74) is -0.454. The first-order valence-electron chi connectivity index (χ1n) is 2.86. The first-order valence-corrected chi connectivity index (χ1v) is 3.27. The topological polar surface area (TPSA) is 17.1 Å². The molecule has 0 saturated carbocycles. The fourth-order valence-electron chi connectivity index (χ4n) is 0.485. The van der Waals surface area contributed by atoms with Crippen LogP contribution in [-0.2, 0) is 4.79 Å². The monoisotopic (exact) mass is 143 g/mol. The van der Waals surface area contributed by atoms with E-state index in [0.717, 1.165) is 0 Å². The van der Waals surface area contributed by atoms with Crippen molar-refractivity contribution >= 4 is 17.7 Å². The number of rotatable bonds is 2. The zero-order valence-electron chi connectivity index (χ0n) is 5.97. The summed E-state index contributed by atoms with van der Waals surface area (Å²) in [5, 5.41) is -0.208. The summed E-state index contributed by atoms with van der Waals surface area (Å²) >= 11 is 4.49. The summed E-state index contributed by atoms with van der Waals surface area (Å²) in [6, 6.07) is 0. The van der Waals surface area contributed by atoms with Crippen molar-refractivity contribution in [2.24, 2.45) is 5.41 Å². The second kappa shape index (κ2) is 2.97. The van der Waals surface area contributed by atoms with E-state index in [1.54, 1.807) is 0 Å². The van der Waals surface area contributed by atoms with Crippen LogP contribution in [0.1, 0.15) is 20.8 Å². The molecule has 0 aromatic rings. The van der Waals surface area contributed by atoms with Crippen molar-refractivity contribution in [3.8, 4) is 0 Å². The molecule has 1 nitrogen and oxygen atoms in total. The molecule has 0 spiro atoms. The van der Waals surface area contributed by atoms with E-state index in [0.29, 0.717) is 0 Å². The summed E-state index contributed by atoms with van der Waals surface area (Å²) in [4.78, 5) is 10.6. The lowest BCUT2D eigenvalue weighted by atomic mass is 9.95. The van der Waals surface area contributed by atoms with E-state index in [-0.39, 0.29) is 5.12 Å². The van der Waals surface area contributed by atoms with Crippen LogP contribution in [0.15, 0.2) is 12.2 Å². The van der Waals surface area contributed by atoms with Gasteiger partial charge in [-0.1, -0.05) is 12.2 Å². The molecule has 0 unspecified atom stereocenters. The second-order valence-electron chi connectivity index (χ2n) is 2.51. The molecule has 0 heterocycles. The number of hydrogen-bond acceptors (Lipinski definition) is 1. The summed E-state index contributed by atoms with van der Waals surface area (Å²) in [6.45, 7) is 5.49. The molecule has 9 heavy (non-hydrogen) atoms. The zero-order chi connectivity index (χ0) is 7.49. The van der Waals surface area contributed by atoms with Crippen molar-refractivity contribution in [1.82, 2.24) is 0 Å². The molecular formula is C7H11OS. The van der Waals surface area contributed by atoms with Crippen LogP contribution in [-0.4, -0.2) is 5.12 Å². The normalized spacial score (nSPS) is 12.3. The molecular weight excluding hydrogens is 132 g/mol. The SMILES string of the molecule is C/C=C/C(C)(C)C(=O)[S].